The van der Waals surface area contributed by atoms with Crippen LogP contribution in [0.2, 0.25) is 0 Å². The van der Waals surface area contributed by atoms with Gasteiger partial charge in [0.1, 0.15) is 6.17 Å². The fraction of sp³-hybridized carbons (Fsp3) is 1.00. The van der Waals surface area contributed by atoms with Crippen molar-refractivity contribution in [1.82, 2.24) is 5.32 Å². The van der Waals surface area contributed by atoms with Crippen LogP contribution in [0.4, 0.5) is 4.39 Å². The van der Waals surface area contributed by atoms with Gasteiger partial charge in [0.25, 0.3) is 0 Å². The molecule has 1 aliphatic heterocycles. The van der Waals surface area contributed by atoms with Crippen molar-refractivity contribution in [3.05, 3.63) is 0 Å². The fourth-order valence-corrected chi connectivity index (χ4v) is 0.778. The highest BCUT2D eigenvalue weighted by Crippen LogP contribution is 2.09. The summed E-state index contributed by atoms with van der Waals surface area (Å²) in [5.74, 6) is 0.236. The SMILES string of the molecule is C[C@H]1CNC[C@H]1F.Cl. The zero-order chi connectivity index (χ0) is 5.28. The lowest BCUT2D eigenvalue weighted by molar-refractivity contribution is 0.298. The molecule has 1 aliphatic rings. The standard InChI is InChI=1S/C5H10FN.ClH/c1-4-2-7-3-5(4)6;/h4-5,7H,2-3H2,1H3;1H/t4-,5+;/m0./s1. The predicted molar refractivity (Wildman–Crippen MR) is 34.2 cm³/mol. The average molecular weight is 140 g/mol. The fourth-order valence-electron chi connectivity index (χ4n) is 0.778. The van der Waals surface area contributed by atoms with Crippen molar-refractivity contribution in [2.45, 2.75) is 13.1 Å². The van der Waals surface area contributed by atoms with Crippen molar-refractivity contribution >= 4 is 12.4 Å². The van der Waals surface area contributed by atoms with E-state index in [0.717, 1.165) is 6.54 Å². The highest BCUT2D eigenvalue weighted by molar-refractivity contribution is 5.85. The first-order valence-electron chi connectivity index (χ1n) is 2.65. The van der Waals surface area contributed by atoms with E-state index in [2.05, 4.69) is 5.32 Å². The highest BCUT2D eigenvalue weighted by Gasteiger charge is 2.21. The van der Waals surface area contributed by atoms with Crippen molar-refractivity contribution in [3.8, 4) is 0 Å². The number of nitrogens with one attached hydrogen (secondary N) is 1. The Balaban J connectivity index is 0.000000490. The van der Waals surface area contributed by atoms with Gasteiger partial charge in [-0.15, -0.1) is 12.4 Å². The van der Waals surface area contributed by atoms with Crippen LogP contribution in [0.5, 0.6) is 0 Å². The van der Waals surface area contributed by atoms with Crippen LogP contribution < -0.4 is 5.32 Å². The van der Waals surface area contributed by atoms with Gasteiger partial charge in [-0.1, -0.05) is 6.92 Å². The summed E-state index contributed by atoms with van der Waals surface area (Å²) in [5.41, 5.74) is 0. The van der Waals surface area contributed by atoms with E-state index in [4.69, 9.17) is 0 Å². The van der Waals surface area contributed by atoms with Crippen LogP contribution in [0.25, 0.3) is 0 Å². The molecule has 0 radical (unpaired) electrons. The quantitative estimate of drug-likeness (QED) is 0.528. The van der Waals surface area contributed by atoms with Gasteiger partial charge in [-0.05, 0) is 0 Å². The Labute approximate surface area is 55.1 Å². The molecule has 0 aromatic rings. The van der Waals surface area contributed by atoms with Crippen LogP contribution >= 0.6 is 12.4 Å². The maximum Gasteiger partial charge on any atom is 0.116 e. The van der Waals surface area contributed by atoms with Crippen molar-refractivity contribution in [3.63, 3.8) is 0 Å². The number of hydrogen-bond acceptors (Lipinski definition) is 1. The summed E-state index contributed by atoms with van der Waals surface area (Å²) in [6, 6.07) is 0. The van der Waals surface area contributed by atoms with Gasteiger partial charge in [-0.2, -0.15) is 0 Å². The molecule has 2 atom stereocenters. The molecular formula is C5H11ClFN. The molecule has 0 unspecified atom stereocenters. The molecule has 0 bridgehead atoms. The van der Waals surface area contributed by atoms with Crippen molar-refractivity contribution in [2.75, 3.05) is 13.1 Å². The first kappa shape index (κ1) is 8.18. The number of halogens is 2. The normalized spacial score (nSPS) is 36.8. The molecule has 0 amide bonds. The van der Waals surface area contributed by atoms with E-state index in [1.54, 1.807) is 0 Å². The summed E-state index contributed by atoms with van der Waals surface area (Å²) in [7, 11) is 0. The Morgan fingerprint density at radius 3 is 2.25 bits per heavy atom. The van der Waals surface area contributed by atoms with Crippen LogP contribution in [-0.2, 0) is 0 Å². The molecule has 1 nitrogen and oxygen atoms in total. The third-order valence-electron chi connectivity index (χ3n) is 1.42. The third-order valence-corrected chi connectivity index (χ3v) is 1.42. The van der Waals surface area contributed by atoms with Gasteiger partial charge in [-0.3, -0.25) is 0 Å². The lowest BCUT2D eigenvalue weighted by atomic mass is 10.1. The Morgan fingerprint density at radius 1 is 1.50 bits per heavy atom. The average Bonchev–Trinajstić information content (AvgIpc) is 1.91. The van der Waals surface area contributed by atoms with Gasteiger partial charge in [-0.25, -0.2) is 4.39 Å². The molecule has 0 saturated carbocycles. The predicted octanol–water partition coefficient (Wildman–Crippen LogP) is 0.986. The van der Waals surface area contributed by atoms with Crippen LogP contribution in [-0.4, -0.2) is 19.3 Å². The molecule has 1 N–H and O–H groups in total. The van der Waals surface area contributed by atoms with Crippen LogP contribution in [0.15, 0.2) is 0 Å². The second-order valence-corrected chi connectivity index (χ2v) is 2.15. The summed E-state index contributed by atoms with van der Waals surface area (Å²) in [6.07, 6.45) is -0.597. The molecular weight excluding hydrogens is 129 g/mol. The molecule has 0 aromatic heterocycles. The Morgan fingerprint density at radius 2 is 2.12 bits per heavy atom. The number of hydrogen-bond donors (Lipinski definition) is 1. The summed E-state index contributed by atoms with van der Waals surface area (Å²) >= 11 is 0. The maximum absolute atomic E-state index is 12.3. The van der Waals surface area contributed by atoms with E-state index in [-0.39, 0.29) is 18.3 Å². The summed E-state index contributed by atoms with van der Waals surface area (Å²) in [4.78, 5) is 0. The third kappa shape index (κ3) is 1.60. The van der Waals surface area contributed by atoms with Crippen molar-refractivity contribution in [1.29, 1.82) is 0 Å². The minimum atomic E-state index is -0.597. The maximum atomic E-state index is 12.3. The molecule has 3 heteroatoms. The topological polar surface area (TPSA) is 12.0 Å². The van der Waals surface area contributed by atoms with Gasteiger partial charge in [0.15, 0.2) is 0 Å². The summed E-state index contributed by atoms with van der Waals surface area (Å²) in [6.45, 7) is 3.33. The largest absolute Gasteiger partial charge is 0.313 e. The first-order valence-corrected chi connectivity index (χ1v) is 2.65. The number of alkyl halides is 1. The first-order chi connectivity index (χ1) is 3.30. The Bertz CT molecular complexity index is 61.4. The highest BCUT2D eigenvalue weighted by atomic mass is 35.5. The van der Waals surface area contributed by atoms with E-state index in [0.29, 0.717) is 6.54 Å². The summed E-state index contributed by atoms with van der Waals surface area (Å²) < 4.78 is 12.3. The minimum absolute atomic E-state index is 0. The second-order valence-electron chi connectivity index (χ2n) is 2.15. The van der Waals surface area contributed by atoms with E-state index in [9.17, 15) is 4.39 Å². The van der Waals surface area contributed by atoms with Crippen LogP contribution in [0.1, 0.15) is 6.92 Å². The van der Waals surface area contributed by atoms with E-state index >= 15 is 0 Å². The monoisotopic (exact) mass is 139 g/mol. The van der Waals surface area contributed by atoms with E-state index < -0.39 is 6.17 Å². The molecule has 1 fully saturated rings. The van der Waals surface area contributed by atoms with Crippen molar-refractivity contribution < 1.29 is 4.39 Å². The molecule has 1 rings (SSSR count). The molecule has 8 heavy (non-hydrogen) atoms. The Kier molecular flexibility index (Phi) is 3.33. The van der Waals surface area contributed by atoms with E-state index in [1.807, 2.05) is 6.92 Å². The lowest BCUT2D eigenvalue weighted by Gasteiger charge is -1.99. The second kappa shape index (κ2) is 3.25. The van der Waals surface area contributed by atoms with Crippen LogP contribution in [0, 0.1) is 5.92 Å². The van der Waals surface area contributed by atoms with Gasteiger partial charge < -0.3 is 5.32 Å². The lowest BCUT2D eigenvalue weighted by Crippen LogP contribution is -2.08. The smallest absolute Gasteiger partial charge is 0.116 e. The van der Waals surface area contributed by atoms with Crippen LogP contribution in [0.3, 0.4) is 0 Å². The van der Waals surface area contributed by atoms with Gasteiger partial charge in [0.2, 0.25) is 0 Å². The molecule has 50 valence electrons. The minimum Gasteiger partial charge on any atom is -0.313 e. The summed E-state index contributed by atoms with van der Waals surface area (Å²) in [5, 5.41) is 2.95. The number of rotatable bonds is 0. The van der Waals surface area contributed by atoms with E-state index in [1.165, 1.54) is 0 Å². The van der Waals surface area contributed by atoms with Crippen molar-refractivity contribution in [2.24, 2.45) is 5.92 Å². The van der Waals surface area contributed by atoms with Gasteiger partial charge in [0.05, 0.1) is 0 Å². The zero-order valence-electron chi connectivity index (χ0n) is 4.86. The van der Waals surface area contributed by atoms with Gasteiger partial charge >= 0.3 is 0 Å². The zero-order valence-corrected chi connectivity index (χ0v) is 5.67. The molecule has 0 spiro atoms. The molecule has 0 aliphatic carbocycles. The van der Waals surface area contributed by atoms with Gasteiger partial charge in [0, 0.05) is 19.0 Å². The Hall–Kier alpha value is 0.180. The molecule has 0 aromatic carbocycles. The molecule has 1 saturated heterocycles. The molecule has 1 heterocycles.